The van der Waals surface area contributed by atoms with E-state index in [1.54, 1.807) is 6.20 Å². The van der Waals surface area contributed by atoms with Gasteiger partial charge in [0, 0.05) is 12.7 Å². The third-order valence-electron chi connectivity index (χ3n) is 6.29. The van der Waals surface area contributed by atoms with Crippen molar-refractivity contribution in [1.29, 1.82) is 0 Å². The Hall–Kier alpha value is -3.41. The summed E-state index contributed by atoms with van der Waals surface area (Å²) in [7, 11) is 0. The number of pyridine rings is 1. The molecular weight excluding hydrogens is 652 g/mol. The molecule has 1 aromatic heterocycles. The fraction of sp³-hybridized carbons (Fsp3) is 0.167. The molecule has 6 rings (SSSR count). The summed E-state index contributed by atoms with van der Waals surface area (Å²) in [5.41, 5.74) is 6.00. The van der Waals surface area contributed by atoms with Crippen molar-refractivity contribution in [3.05, 3.63) is 131 Å². The maximum Gasteiger partial charge on any atom is 3.00 e. The van der Waals surface area contributed by atoms with E-state index < -0.39 is 11.7 Å². The van der Waals surface area contributed by atoms with E-state index >= 15 is 0 Å². The Morgan fingerprint density at radius 3 is 2.54 bits per heavy atom. The zero-order chi connectivity index (χ0) is 25.1. The molecule has 0 fully saturated rings. The van der Waals surface area contributed by atoms with Crippen LogP contribution in [0.4, 0.5) is 13.2 Å². The second kappa shape index (κ2) is 11.3. The van der Waals surface area contributed by atoms with Crippen molar-refractivity contribution in [2.24, 2.45) is 0 Å². The number of aryl methyl sites for hydroxylation is 1. The normalized spacial score (nSPS) is 15.5. The molecule has 1 unspecified atom stereocenters. The molecule has 4 aromatic rings. The Bertz CT molecular complexity index is 1370. The van der Waals surface area contributed by atoms with E-state index in [0.717, 1.165) is 41.8 Å². The van der Waals surface area contributed by atoms with Crippen LogP contribution in [0.2, 0.25) is 0 Å². The molecule has 0 bridgehead atoms. The third kappa shape index (κ3) is 5.79. The van der Waals surface area contributed by atoms with Gasteiger partial charge in [-0.1, -0.05) is 36.8 Å². The summed E-state index contributed by atoms with van der Waals surface area (Å²) in [4.78, 5) is 6.63. The van der Waals surface area contributed by atoms with Gasteiger partial charge in [-0.2, -0.15) is 54.8 Å². The Morgan fingerprint density at radius 2 is 1.81 bits per heavy atom. The molecule has 0 radical (unpaired) electrons. The van der Waals surface area contributed by atoms with E-state index in [0.29, 0.717) is 11.3 Å². The number of benzene rings is 3. The second-order valence-corrected chi connectivity index (χ2v) is 8.62. The van der Waals surface area contributed by atoms with Crippen LogP contribution in [0.1, 0.15) is 28.4 Å². The van der Waals surface area contributed by atoms with E-state index in [1.165, 1.54) is 17.2 Å². The molecule has 0 N–H and O–H groups in total. The molecule has 37 heavy (non-hydrogen) atoms. The average molecular weight is 675 g/mol. The van der Waals surface area contributed by atoms with Crippen LogP contribution in [0.15, 0.2) is 91.4 Å². The number of hydrogen-bond donors (Lipinski definition) is 0. The number of halogens is 3. The number of nitrogens with zero attached hydrogens (tertiary/aromatic N) is 3. The smallest absolute Gasteiger partial charge is 0.668 e. The molecule has 0 saturated heterocycles. The van der Waals surface area contributed by atoms with E-state index in [1.807, 2.05) is 55.6 Å². The quantitative estimate of drug-likeness (QED) is 0.204. The zero-order valence-corrected chi connectivity index (χ0v) is 22.4. The molecule has 7 heteroatoms. The molecule has 1 atom stereocenters. The molecule has 0 saturated carbocycles. The van der Waals surface area contributed by atoms with Crippen LogP contribution < -0.4 is 0 Å². The van der Waals surface area contributed by atoms with E-state index in [2.05, 4.69) is 45.7 Å². The topological polar surface area (TPSA) is 30.2 Å². The molecule has 188 valence electrons. The summed E-state index contributed by atoms with van der Waals surface area (Å²) in [6, 6.07) is 27.2. The second-order valence-electron chi connectivity index (χ2n) is 8.62. The number of alkyl halides is 3. The molecule has 0 spiro atoms. The molecule has 3 nitrogen and oxygen atoms in total. The SMILES string of the molecule is Cc1ccnc(-c2[c-]cc(C(F)(F)F)cc2)c1-c1ccccc1.[Ir+3].[c-]1cccc2c1C1[N-]C=CN1CC2. The van der Waals surface area contributed by atoms with Crippen LogP contribution in [0, 0.1) is 19.1 Å². The summed E-state index contributed by atoms with van der Waals surface area (Å²) in [5.74, 6) is 0. The molecule has 3 aromatic carbocycles. The average Bonchev–Trinajstić information content (AvgIpc) is 3.39. The van der Waals surface area contributed by atoms with Gasteiger partial charge in [0.2, 0.25) is 0 Å². The molecule has 0 aliphatic carbocycles. The summed E-state index contributed by atoms with van der Waals surface area (Å²) >= 11 is 0. The van der Waals surface area contributed by atoms with Crippen molar-refractivity contribution in [2.75, 3.05) is 6.54 Å². The fourth-order valence-corrected chi connectivity index (χ4v) is 4.48. The fourth-order valence-electron chi connectivity index (χ4n) is 4.48. The van der Waals surface area contributed by atoms with Crippen molar-refractivity contribution in [3.63, 3.8) is 0 Å². The monoisotopic (exact) mass is 675 g/mol. The van der Waals surface area contributed by atoms with Crippen LogP contribution in [0.25, 0.3) is 27.7 Å². The van der Waals surface area contributed by atoms with Gasteiger partial charge in [0.25, 0.3) is 0 Å². The van der Waals surface area contributed by atoms with Crippen LogP contribution in [-0.4, -0.2) is 16.4 Å². The van der Waals surface area contributed by atoms with Crippen molar-refractivity contribution < 1.29 is 33.3 Å². The molecule has 2 aliphatic heterocycles. The van der Waals surface area contributed by atoms with Gasteiger partial charge in [-0.25, -0.2) is 0 Å². The minimum absolute atomic E-state index is 0. The van der Waals surface area contributed by atoms with Crippen LogP contribution in [0.3, 0.4) is 0 Å². The summed E-state index contributed by atoms with van der Waals surface area (Å²) in [5, 5.41) is 4.41. The predicted octanol–water partition coefficient (Wildman–Crippen LogP) is 7.74. The summed E-state index contributed by atoms with van der Waals surface area (Å²) in [6.07, 6.45) is 2.57. The van der Waals surface area contributed by atoms with E-state index in [-0.39, 0.29) is 26.3 Å². The Balaban J connectivity index is 0.000000193. The van der Waals surface area contributed by atoms with Gasteiger partial charge in [-0.3, -0.25) is 0 Å². The maximum atomic E-state index is 12.7. The first-order chi connectivity index (χ1) is 17.4. The first-order valence-corrected chi connectivity index (χ1v) is 11.6. The Kier molecular flexibility index (Phi) is 8.16. The number of hydrogen-bond acceptors (Lipinski definition) is 2. The standard InChI is InChI=1S/C19H13F3N.C11H10N2.Ir/c1-13-11-12-23-18(17(13)14-5-3-2-4-6-14)15-7-9-16(10-8-15)19(20,21)22;1-2-4-10-9(3-1)5-7-13-8-6-12-11(10)13;/h2-7,9-12H,1H3;1-3,6,8,11H,5,7H2;/q-1;-2;+3. The summed E-state index contributed by atoms with van der Waals surface area (Å²) in [6.45, 7) is 3.03. The van der Waals surface area contributed by atoms with Crippen LogP contribution in [-0.2, 0) is 32.7 Å². The zero-order valence-electron chi connectivity index (χ0n) is 20.0. The maximum absolute atomic E-state index is 12.7. The van der Waals surface area contributed by atoms with Gasteiger partial charge in [0.1, 0.15) is 0 Å². The number of rotatable bonds is 2. The van der Waals surface area contributed by atoms with Gasteiger partial charge < -0.3 is 15.2 Å². The van der Waals surface area contributed by atoms with Crippen molar-refractivity contribution in [2.45, 2.75) is 25.7 Å². The van der Waals surface area contributed by atoms with Gasteiger partial charge >= 0.3 is 26.3 Å². The molecule has 3 heterocycles. The predicted molar refractivity (Wildman–Crippen MR) is 135 cm³/mol. The largest absolute Gasteiger partial charge is 3.00 e. The molecule has 2 aliphatic rings. The molecule has 0 amide bonds. The van der Waals surface area contributed by atoms with Gasteiger partial charge in [-0.05, 0) is 53.3 Å². The first kappa shape index (κ1) is 26.6. The Labute approximate surface area is 228 Å². The van der Waals surface area contributed by atoms with Crippen molar-refractivity contribution in [1.82, 2.24) is 9.88 Å². The number of aromatic nitrogens is 1. The summed E-state index contributed by atoms with van der Waals surface area (Å²) < 4.78 is 38.1. The van der Waals surface area contributed by atoms with Gasteiger partial charge in [0.05, 0.1) is 0 Å². The number of fused-ring (bicyclic) bond motifs is 3. The minimum atomic E-state index is -4.36. The van der Waals surface area contributed by atoms with Gasteiger partial charge in [-0.15, -0.1) is 29.8 Å². The first-order valence-electron chi connectivity index (χ1n) is 11.6. The van der Waals surface area contributed by atoms with Crippen LogP contribution in [0.5, 0.6) is 0 Å². The van der Waals surface area contributed by atoms with Gasteiger partial charge in [0.15, 0.2) is 0 Å². The van der Waals surface area contributed by atoms with E-state index in [4.69, 9.17) is 0 Å². The molecular formula is C30H23F3IrN3. The van der Waals surface area contributed by atoms with Crippen molar-refractivity contribution >= 4 is 0 Å². The van der Waals surface area contributed by atoms with Crippen LogP contribution >= 0.6 is 0 Å². The van der Waals surface area contributed by atoms with Crippen molar-refractivity contribution in [3.8, 4) is 22.4 Å². The Morgan fingerprint density at radius 1 is 1.00 bits per heavy atom. The van der Waals surface area contributed by atoms with E-state index in [9.17, 15) is 13.2 Å². The third-order valence-corrected chi connectivity index (χ3v) is 6.29. The minimum Gasteiger partial charge on any atom is -0.668 e.